The van der Waals surface area contributed by atoms with Gasteiger partial charge >= 0.3 is 0 Å². The first-order valence-electron chi connectivity index (χ1n) is 3.77. The third-order valence-corrected chi connectivity index (χ3v) is 2.36. The largest absolute Gasteiger partial charge is 0.504 e. The molecule has 0 aliphatic rings. The molecule has 5 N–H and O–H groups in total. The Labute approximate surface area is 87.9 Å². The van der Waals surface area contributed by atoms with E-state index in [1.54, 1.807) is 0 Å². The number of nitrogens with two attached hydrogens (primary N) is 1. The highest BCUT2D eigenvalue weighted by molar-refractivity contribution is 9.10. The van der Waals surface area contributed by atoms with E-state index in [4.69, 9.17) is 10.8 Å². The molecule has 0 aliphatic carbocycles. The number of phenols is 2. The number of aliphatic hydroxyl groups is 1. The summed E-state index contributed by atoms with van der Waals surface area (Å²) in [5.74, 6) is -2.57. The third kappa shape index (κ3) is 1.82. The highest BCUT2D eigenvalue weighted by Crippen LogP contribution is 2.38. The Morgan fingerprint density at radius 3 is 2.50 bits per heavy atom. The molecule has 78 valence electrons. The summed E-state index contributed by atoms with van der Waals surface area (Å²) < 4.78 is 12.9. The lowest BCUT2D eigenvalue weighted by atomic mass is 10.1. The van der Waals surface area contributed by atoms with E-state index in [9.17, 15) is 14.6 Å². The Hall–Kier alpha value is -0.850. The summed E-state index contributed by atoms with van der Waals surface area (Å²) in [6.45, 7) is -0.134. The molecule has 4 nitrogen and oxygen atoms in total. The van der Waals surface area contributed by atoms with Crippen LogP contribution in [0.15, 0.2) is 10.5 Å². The molecule has 0 aromatic heterocycles. The first-order chi connectivity index (χ1) is 6.49. The molecule has 0 saturated heterocycles. The van der Waals surface area contributed by atoms with E-state index < -0.39 is 23.4 Å². The Balaban J connectivity index is 3.33. The number of aromatic hydroxyl groups is 2. The van der Waals surface area contributed by atoms with Crippen molar-refractivity contribution in [2.45, 2.75) is 6.10 Å². The van der Waals surface area contributed by atoms with Gasteiger partial charge in [0.1, 0.15) is 0 Å². The van der Waals surface area contributed by atoms with Crippen LogP contribution in [0.3, 0.4) is 0 Å². The molecule has 1 unspecified atom stereocenters. The number of halogens is 2. The van der Waals surface area contributed by atoms with Gasteiger partial charge in [0, 0.05) is 12.1 Å². The molecular weight excluding hydrogens is 257 g/mol. The van der Waals surface area contributed by atoms with E-state index in [1.165, 1.54) is 6.07 Å². The van der Waals surface area contributed by atoms with Crippen molar-refractivity contribution < 1.29 is 19.7 Å². The van der Waals surface area contributed by atoms with Crippen molar-refractivity contribution in [3.05, 3.63) is 21.9 Å². The Bertz CT molecular complexity index is 359. The number of phenolic OH excluding ortho intramolecular Hbond substituents is 2. The van der Waals surface area contributed by atoms with E-state index in [0.29, 0.717) is 0 Å². The maximum atomic E-state index is 13.0. The van der Waals surface area contributed by atoms with E-state index >= 15 is 0 Å². The average molecular weight is 266 g/mol. The lowest BCUT2D eigenvalue weighted by molar-refractivity contribution is 0.181. The van der Waals surface area contributed by atoms with Gasteiger partial charge in [-0.2, -0.15) is 0 Å². The van der Waals surface area contributed by atoms with Crippen molar-refractivity contribution in [3.8, 4) is 11.5 Å². The zero-order valence-electron chi connectivity index (χ0n) is 7.04. The number of hydrogen-bond donors (Lipinski definition) is 4. The zero-order chi connectivity index (χ0) is 10.9. The SMILES string of the molecule is NCC(O)c1cc(Br)c(F)c(O)c1O. The maximum absolute atomic E-state index is 13.0. The fraction of sp³-hybridized carbons (Fsp3) is 0.250. The summed E-state index contributed by atoms with van der Waals surface area (Å²) in [5.41, 5.74) is 5.14. The second-order valence-electron chi connectivity index (χ2n) is 2.71. The fourth-order valence-corrected chi connectivity index (χ4v) is 1.44. The Kier molecular flexibility index (Phi) is 3.30. The van der Waals surface area contributed by atoms with Crippen molar-refractivity contribution in [2.75, 3.05) is 6.54 Å². The first kappa shape index (κ1) is 11.2. The monoisotopic (exact) mass is 265 g/mol. The van der Waals surface area contributed by atoms with Crippen LogP contribution in [0.1, 0.15) is 11.7 Å². The molecular formula is C8H9BrFNO3. The lowest BCUT2D eigenvalue weighted by Gasteiger charge is -2.12. The summed E-state index contributed by atoms with van der Waals surface area (Å²) in [6, 6.07) is 1.17. The molecule has 0 spiro atoms. The molecule has 0 bridgehead atoms. The van der Waals surface area contributed by atoms with Gasteiger partial charge in [-0.3, -0.25) is 0 Å². The molecule has 0 amide bonds. The van der Waals surface area contributed by atoms with Gasteiger partial charge in [-0.25, -0.2) is 4.39 Å². The van der Waals surface area contributed by atoms with E-state index in [2.05, 4.69) is 15.9 Å². The molecule has 0 fully saturated rings. The minimum absolute atomic E-state index is 0.0155. The van der Waals surface area contributed by atoms with Crippen LogP contribution in [0, 0.1) is 5.82 Å². The normalized spacial score (nSPS) is 12.9. The third-order valence-electron chi connectivity index (χ3n) is 1.78. The summed E-state index contributed by atoms with van der Waals surface area (Å²) in [7, 11) is 0. The molecule has 0 heterocycles. The van der Waals surface area contributed by atoms with Gasteiger partial charge in [0.05, 0.1) is 10.6 Å². The predicted octanol–water partition coefficient (Wildman–Crippen LogP) is 0.991. The van der Waals surface area contributed by atoms with Gasteiger partial charge in [0.2, 0.25) is 0 Å². The van der Waals surface area contributed by atoms with Crippen LogP contribution in [0.25, 0.3) is 0 Å². The van der Waals surface area contributed by atoms with Crippen molar-refractivity contribution in [1.29, 1.82) is 0 Å². The van der Waals surface area contributed by atoms with Crippen LogP contribution < -0.4 is 5.73 Å². The van der Waals surface area contributed by atoms with Crippen molar-refractivity contribution in [1.82, 2.24) is 0 Å². The van der Waals surface area contributed by atoms with Gasteiger partial charge in [-0.1, -0.05) is 0 Å². The zero-order valence-corrected chi connectivity index (χ0v) is 8.62. The smallest absolute Gasteiger partial charge is 0.195 e. The van der Waals surface area contributed by atoms with Crippen LogP contribution in [0.4, 0.5) is 4.39 Å². The number of rotatable bonds is 2. The first-order valence-corrected chi connectivity index (χ1v) is 4.56. The molecule has 0 aliphatic heterocycles. The second-order valence-corrected chi connectivity index (χ2v) is 3.56. The van der Waals surface area contributed by atoms with Crippen molar-refractivity contribution in [3.63, 3.8) is 0 Å². The van der Waals surface area contributed by atoms with Crippen molar-refractivity contribution in [2.24, 2.45) is 5.73 Å². The lowest BCUT2D eigenvalue weighted by Crippen LogP contribution is -2.12. The van der Waals surface area contributed by atoms with Gasteiger partial charge in [-0.05, 0) is 22.0 Å². The topological polar surface area (TPSA) is 86.7 Å². The molecule has 0 radical (unpaired) electrons. The minimum atomic E-state index is -1.14. The summed E-state index contributed by atoms with van der Waals surface area (Å²) >= 11 is 2.83. The Morgan fingerprint density at radius 2 is 2.00 bits per heavy atom. The van der Waals surface area contributed by atoms with E-state index in [1.807, 2.05) is 0 Å². The number of aliphatic hydroxyl groups excluding tert-OH is 1. The molecule has 14 heavy (non-hydrogen) atoms. The molecule has 1 atom stereocenters. The highest BCUT2D eigenvalue weighted by atomic mass is 79.9. The average Bonchev–Trinajstić information content (AvgIpc) is 2.19. The van der Waals surface area contributed by atoms with Crippen LogP contribution >= 0.6 is 15.9 Å². The van der Waals surface area contributed by atoms with Gasteiger partial charge in [0.25, 0.3) is 0 Å². The second kappa shape index (κ2) is 4.12. The predicted molar refractivity (Wildman–Crippen MR) is 51.4 cm³/mol. The minimum Gasteiger partial charge on any atom is -0.504 e. The quantitative estimate of drug-likeness (QED) is 0.601. The van der Waals surface area contributed by atoms with Gasteiger partial charge < -0.3 is 21.1 Å². The molecule has 1 aromatic rings. The highest BCUT2D eigenvalue weighted by Gasteiger charge is 2.19. The number of hydrogen-bond acceptors (Lipinski definition) is 4. The van der Waals surface area contributed by atoms with Gasteiger partial charge in [0.15, 0.2) is 17.3 Å². The molecule has 0 saturated carbocycles. The standard InChI is InChI=1S/C8H9BrFNO3/c9-4-1-3(5(12)2-11)7(13)8(14)6(4)10/h1,5,12-14H,2,11H2. The fourth-order valence-electron chi connectivity index (χ4n) is 1.00. The summed E-state index contributed by atoms with van der Waals surface area (Å²) in [6.07, 6.45) is -1.14. The van der Waals surface area contributed by atoms with Crippen LogP contribution in [-0.4, -0.2) is 21.9 Å². The number of benzene rings is 1. The van der Waals surface area contributed by atoms with Crippen LogP contribution in [0.5, 0.6) is 11.5 Å². The molecule has 6 heteroatoms. The van der Waals surface area contributed by atoms with Crippen LogP contribution in [-0.2, 0) is 0 Å². The molecule has 1 rings (SSSR count). The van der Waals surface area contributed by atoms with E-state index in [-0.39, 0.29) is 16.6 Å². The summed E-state index contributed by atoms with van der Waals surface area (Å²) in [4.78, 5) is 0. The van der Waals surface area contributed by atoms with Crippen LogP contribution in [0.2, 0.25) is 0 Å². The summed E-state index contributed by atoms with van der Waals surface area (Å²) in [5, 5.41) is 27.7. The van der Waals surface area contributed by atoms with Gasteiger partial charge in [-0.15, -0.1) is 0 Å². The molecule has 1 aromatic carbocycles. The Morgan fingerprint density at radius 1 is 1.43 bits per heavy atom. The maximum Gasteiger partial charge on any atom is 0.195 e. The van der Waals surface area contributed by atoms with E-state index in [0.717, 1.165) is 0 Å². The van der Waals surface area contributed by atoms with Crippen molar-refractivity contribution >= 4 is 15.9 Å².